The van der Waals surface area contributed by atoms with Crippen molar-refractivity contribution in [2.45, 2.75) is 31.4 Å². The SMILES string of the molecule is CCC1(CC)CN(c2ccnc(Cl)c2)CCS1=O. The molecule has 0 bridgehead atoms. The van der Waals surface area contributed by atoms with E-state index in [2.05, 4.69) is 23.7 Å². The number of hydrogen-bond donors (Lipinski definition) is 0. The van der Waals surface area contributed by atoms with Crippen molar-refractivity contribution in [3.63, 3.8) is 0 Å². The summed E-state index contributed by atoms with van der Waals surface area (Å²) in [4.78, 5) is 6.28. The Bertz CT molecular complexity index is 448. The highest BCUT2D eigenvalue weighted by Crippen LogP contribution is 2.31. The molecule has 1 fully saturated rings. The summed E-state index contributed by atoms with van der Waals surface area (Å²) in [6.45, 7) is 5.93. The smallest absolute Gasteiger partial charge is 0.131 e. The number of hydrogen-bond acceptors (Lipinski definition) is 3. The minimum absolute atomic E-state index is 0.0754. The lowest BCUT2D eigenvalue weighted by Gasteiger charge is -2.42. The third kappa shape index (κ3) is 2.54. The van der Waals surface area contributed by atoms with E-state index in [0.29, 0.717) is 5.15 Å². The molecule has 1 aliphatic rings. The van der Waals surface area contributed by atoms with E-state index in [1.165, 1.54) is 0 Å². The van der Waals surface area contributed by atoms with E-state index in [-0.39, 0.29) is 4.75 Å². The lowest BCUT2D eigenvalue weighted by molar-refractivity contribution is 0.496. The van der Waals surface area contributed by atoms with Crippen LogP contribution in [0.5, 0.6) is 0 Å². The van der Waals surface area contributed by atoms with Crippen LogP contribution >= 0.6 is 11.6 Å². The minimum atomic E-state index is -0.727. The first-order valence-electron chi connectivity index (χ1n) is 6.36. The summed E-state index contributed by atoms with van der Waals surface area (Å²) in [6, 6.07) is 3.85. The highest BCUT2D eigenvalue weighted by atomic mass is 35.5. The van der Waals surface area contributed by atoms with Crippen LogP contribution in [0.3, 0.4) is 0 Å². The van der Waals surface area contributed by atoms with Crippen LogP contribution in [0.15, 0.2) is 18.3 Å². The van der Waals surface area contributed by atoms with Gasteiger partial charge in [0.1, 0.15) is 5.15 Å². The van der Waals surface area contributed by atoms with Gasteiger partial charge in [-0.3, -0.25) is 4.21 Å². The Morgan fingerprint density at radius 2 is 2.22 bits per heavy atom. The van der Waals surface area contributed by atoms with Crippen molar-refractivity contribution in [2.75, 3.05) is 23.7 Å². The van der Waals surface area contributed by atoms with Gasteiger partial charge in [0.25, 0.3) is 0 Å². The molecule has 0 spiro atoms. The molecule has 2 rings (SSSR count). The van der Waals surface area contributed by atoms with E-state index >= 15 is 0 Å². The molecule has 1 unspecified atom stereocenters. The number of nitrogens with zero attached hydrogens (tertiary/aromatic N) is 2. The second-order valence-electron chi connectivity index (χ2n) is 4.70. The molecule has 18 heavy (non-hydrogen) atoms. The zero-order chi connectivity index (χ0) is 13.2. The second kappa shape index (κ2) is 5.57. The topological polar surface area (TPSA) is 33.2 Å². The van der Waals surface area contributed by atoms with Crippen molar-refractivity contribution in [3.05, 3.63) is 23.5 Å². The van der Waals surface area contributed by atoms with Gasteiger partial charge in [-0.25, -0.2) is 4.98 Å². The number of anilines is 1. The third-order valence-electron chi connectivity index (χ3n) is 3.87. The fraction of sp³-hybridized carbons (Fsp3) is 0.615. The molecule has 0 aliphatic carbocycles. The highest BCUT2D eigenvalue weighted by Gasteiger charge is 2.38. The van der Waals surface area contributed by atoms with Gasteiger partial charge in [-0.15, -0.1) is 0 Å². The van der Waals surface area contributed by atoms with Gasteiger partial charge in [-0.2, -0.15) is 0 Å². The fourth-order valence-corrected chi connectivity index (χ4v) is 4.44. The molecular weight excluding hydrogens is 268 g/mol. The van der Waals surface area contributed by atoms with E-state index < -0.39 is 10.8 Å². The van der Waals surface area contributed by atoms with Crippen LogP contribution in [-0.4, -0.2) is 32.8 Å². The lowest BCUT2D eigenvalue weighted by atomic mass is 10.0. The molecule has 1 aromatic rings. The number of aromatic nitrogens is 1. The van der Waals surface area contributed by atoms with E-state index in [0.717, 1.165) is 37.4 Å². The molecule has 2 heterocycles. The molecule has 3 nitrogen and oxygen atoms in total. The molecule has 0 N–H and O–H groups in total. The molecule has 100 valence electrons. The molecule has 1 atom stereocenters. The van der Waals surface area contributed by atoms with Crippen LogP contribution in [0.2, 0.25) is 5.15 Å². The summed E-state index contributed by atoms with van der Waals surface area (Å²) in [5, 5.41) is 0.512. The maximum Gasteiger partial charge on any atom is 0.131 e. The molecule has 5 heteroatoms. The van der Waals surface area contributed by atoms with Crippen LogP contribution in [-0.2, 0) is 10.8 Å². The van der Waals surface area contributed by atoms with Gasteiger partial charge in [0.2, 0.25) is 0 Å². The van der Waals surface area contributed by atoms with Gasteiger partial charge < -0.3 is 4.90 Å². The Morgan fingerprint density at radius 1 is 1.50 bits per heavy atom. The zero-order valence-electron chi connectivity index (χ0n) is 10.9. The number of pyridine rings is 1. The van der Waals surface area contributed by atoms with Crippen molar-refractivity contribution in [2.24, 2.45) is 0 Å². The van der Waals surface area contributed by atoms with Crippen LogP contribution in [0.25, 0.3) is 0 Å². The van der Waals surface area contributed by atoms with E-state index in [9.17, 15) is 4.21 Å². The molecule has 0 radical (unpaired) electrons. The fourth-order valence-electron chi connectivity index (χ4n) is 2.51. The van der Waals surface area contributed by atoms with Crippen molar-refractivity contribution < 1.29 is 4.21 Å². The lowest BCUT2D eigenvalue weighted by Crippen LogP contribution is -2.53. The van der Waals surface area contributed by atoms with Crippen molar-refractivity contribution in [1.82, 2.24) is 4.98 Å². The first kappa shape index (κ1) is 13.8. The molecule has 0 amide bonds. The summed E-state index contributed by atoms with van der Waals surface area (Å²) < 4.78 is 12.2. The summed E-state index contributed by atoms with van der Waals surface area (Å²) >= 11 is 5.93. The first-order chi connectivity index (χ1) is 8.61. The predicted octanol–water partition coefficient (Wildman–Crippen LogP) is 2.86. The molecule has 1 saturated heterocycles. The summed E-state index contributed by atoms with van der Waals surface area (Å²) in [5.41, 5.74) is 1.08. The quantitative estimate of drug-likeness (QED) is 0.801. The van der Waals surface area contributed by atoms with E-state index in [1.54, 1.807) is 6.20 Å². The monoisotopic (exact) mass is 286 g/mol. The van der Waals surface area contributed by atoms with E-state index in [4.69, 9.17) is 11.6 Å². The Kier molecular flexibility index (Phi) is 4.28. The van der Waals surface area contributed by atoms with E-state index in [1.807, 2.05) is 12.1 Å². The highest BCUT2D eigenvalue weighted by molar-refractivity contribution is 7.86. The zero-order valence-corrected chi connectivity index (χ0v) is 12.4. The average molecular weight is 287 g/mol. The molecule has 1 aromatic heterocycles. The number of halogens is 1. The predicted molar refractivity (Wildman–Crippen MR) is 77.8 cm³/mol. The van der Waals surface area contributed by atoms with Crippen LogP contribution in [0.1, 0.15) is 26.7 Å². The van der Waals surface area contributed by atoms with Crippen molar-refractivity contribution >= 4 is 28.1 Å². The van der Waals surface area contributed by atoms with Gasteiger partial charge in [-0.1, -0.05) is 25.4 Å². The van der Waals surface area contributed by atoms with Crippen LogP contribution in [0, 0.1) is 0 Å². The van der Waals surface area contributed by atoms with Gasteiger partial charge in [0, 0.05) is 41.5 Å². The largest absolute Gasteiger partial charge is 0.369 e. The normalized spacial score (nSPS) is 23.1. The molecule has 0 aromatic carbocycles. The first-order valence-corrected chi connectivity index (χ1v) is 8.06. The van der Waals surface area contributed by atoms with Crippen LogP contribution in [0.4, 0.5) is 5.69 Å². The summed E-state index contributed by atoms with van der Waals surface area (Å²) in [6.07, 6.45) is 3.62. The van der Waals surface area contributed by atoms with Gasteiger partial charge in [0.15, 0.2) is 0 Å². The minimum Gasteiger partial charge on any atom is -0.369 e. The molecule has 1 aliphatic heterocycles. The summed E-state index contributed by atoms with van der Waals surface area (Å²) in [7, 11) is -0.727. The van der Waals surface area contributed by atoms with Gasteiger partial charge in [0.05, 0.1) is 4.75 Å². The van der Waals surface area contributed by atoms with Gasteiger partial charge >= 0.3 is 0 Å². The maximum atomic E-state index is 12.3. The Labute approximate surface area is 116 Å². The van der Waals surface area contributed by atoms with Crippen molar-refractivity contribution in [3.8, 4) is 0 Å². The van der Waals surface area contributed by atoms with Crippen molar-refractivity contribution in [1.29, 1.82) is 0 Å². The Morgan fingerprint density at radius 3 is 2.83 bits per heavy atom. The van der Waals surface area contributed by atoms with Gasteiger partial charge in [-0.05, 0) is 25.0 Å². The third-order valence-corrected chi connectivity index (χ3v) is 6.30. The number of rotatable bonds is 3. The maximum absolute atomic E-state index is 12.3. The summed E-state index contributed by atoms with van der Waals surface area (Å²) in [5.74, 6) is 0.738. The van der Waals surface area contributed by atoms with Crippen LogP contribution < -0.4 is 4.90 Å². The Hall–Kier alpha value is -0.610. The average Bonchev–Trinajstić information content (AvgIpc) is 2.40. The standard InChI is InChI=1S/C13H19ClN2OS/c1-3-13(4-2)10-16(7-8-18(13)17)11-5-6-15-12(14)9-11/h5-6,9H,3-4,7-8,10H2,1-2H3. The molecule has 0 saturated carbocycles. The Balaban J connectivity index is 2.24. The second-order valence-corrected chi connectivity index (χ2v) is 7.05. The molecular formula is C13H19ClN2OS.